The minimum atomic E-state index is -0.203. The average Bonchev–Trinajstić information content (AvgIpc) is 3.29. The number of rotatable bonds is 10. The molecule has 7 heteroatoms. The second-order valence-electron chi connectivity index (χ2n) is 8.40. The molecule has 0 atom stereocenters. The van der Waals surface area contributed by atoms with E-state index >= 15 is 0 Å². The third-order valence-electron chi connectivity index (χ3n) is 6.02. The van der Waals surface area contributed by atoms with E-state index < -0.39 is 0 Å². The van der Waals surface area contributed by atoms with Crippen molar-refractivity contribution in [1.29, 1.82) is 0 Å². The van der Waals surface area contributed by atoms with Crippen LogP contribution in [-0.2, 0) is 0 Å². The van der Waals surface area contributed by atoms with Crippen LogP contribution in [0.25, 0.3) is 16.9 Å². The highest BCUT2D eigenvalue weighted by Crippen LogP contribution is 2.30. The van der Waals surface area contributed by atoms with Crippen molar-refractivity contribution in [2.24, 2.45) is 0 Å². The summed E-state index contributed by atoms with van der Waals surface area (Å²) in [5.74, 6) is 1.08. The lowest BCUT2D eigenvalue weighted by Gasteiger charge is -2.13. The summed E-state index contributed by atoms with van der Waals surface area (Å²) in [5, 5.41) is 5.77. The maximum absolute atomic E-state index is 13.1. The summed E-state index contributed by atoms with van der Waals surface area (Å²) in [6.07, 6.45) is 0. The number of benzene rings is 3. The Kier molecular flexibility index (Phi) is 8.26. The van der Waals surface area contributed by atoms with Crippen molar-refractivity contribution in [3.8, 4) is 28.4 Å². The van der Waals surface area contributed by atoms with E-state index in [4.69, 9.17) is 9.47 Å². The number of ether oxygens (including phenoxy) is 2. The first-order chi connectivity index (χ1) is 18.0. The van der Waals surface area contributed by atoms with Crippen molar-refractivity contribution >= 4 is 11.8 Å². The Hall–Kier alpha value is -4.52. The molecule has 0 saturated heterocycles. The van der Waals surface area contributed by atoms with Crippen LogP contribution in [0.15, 0.2) is 84.9 Å². The highest BCUT2D eigenvalue weighted by molar-refractivity contribution is 5.97. The number of amides is 2. The third-order valence-corrected chi connectivity index (χ3v) is 6.02. The Labute approximate surface area is 217 Å². The molecule has 0 spiro atoms. The molecule has 2 N–H and O–H groups in total. The van der Waals surface area contributed by atoms with Crippen molar-refractivity contribution in [3.63, 3.8) is 0 Å². The van der Waals surface area contributed by atoms with E-state index in [2.05, 4.69) is 15.2 Å². The van der Waals surface area contributed by atoms with E-state index in [-0.39, 0.29) is 11.8 Å². The molecule has 37 heavy (non-hydrogen) atoms. The second kappa shape index (κ2) is 11.9. The van der Waals surface area contributed by atoms with Gasteiger partial charge in [0.1, 0.15) is 11.5 Å². The smallest absolute Gasteiger partial charge is 0.253 e. The van der Waals surface area contributed by atoms with Gasteiger partial charge in [-0.3, -0.25) is 9.59 Å². The predicted molar refractivity (Wildman–Crippen MR) is 145 cm³/mol. The standard InChI is InChI=1S/C30H31N3O4/c1-4-37-26-14-10-23(11-15-26)29(34)31-18-19-32-30(35)27-20-28(22-8-6-5-7-9-22)33(21(27)2)24-12-16-25(36-3)17-13-24/h5-17,20H,4,18-19H2,1-3H3,(H,31,34)(H,32,35). The van der Waals surface area contributed by atoms with E-state index in [1.54, 1.807) is 31.4 Å². The van der Waals surface area contributed by atoms with Crippen molar-refractivity contribution in [1.82, 2.24) is 15.2 Å². The summed E-state index contributed by atoms with van der Waals surface area (Å²) in [5.41, 5.74) is 4.78. The number of carbonyl (C=O) groups is 2. The molecule has 0 aliphatic heterocycles. The van der Waals surface area contributed by atoms with Gasteiger partial charge in [-0.25, -0.2) is 0 Å². The molecule has 7 nitrogen and oxygen atoms in total. The number of nitrogens with zero attached hydrogens (tertiary/aromatic N) is 1. The van der Waals surface area contributed by atoms with Gasteiger partial charge in [-0.2, -0.15) is 0 Å². The van der Waals surface area contributed by atoms with Gasteiger partial charge in [0, 0.05) is 30.0 Å². The largest absolute Gasteiger partial charge is 0.497 e. The highest BCUT2D eigenvalue weighted by atomic mass is 16.5. The van der Waals surface area contributed by atoms with Crippen LogP contribution >= 0.6 is 0 Å². The summed E-state index contributed by atoms with van der Waals surface area (Å²) >= 11 is 0. The van der Waals surface area contributed by atoms with Gasteiger partial charge >= 0.3 is 0 Å². The van der Waals surface area contributed by atoms with Crippen molar-refractivity contribution in [2.45, 2.75) is 13.8 Å². The molecule has 4 rings (SSSR count). The topological polar surface area (TPSA) is 81.6 Å². The lowest BCUT2D eigenvalue weighted by Crippen LogP contribution is -2.34. The summed E-state index contributed by atoms with van der Waals surface area (Å²) in [6, 6.07) is 26.6. The number of hydrogen-bond acceptors (Lipinski definition) is 4. The van der Waals surface area contributed by atoms with Crippen molar-refractivity contribution in [3.05, 3.63) is 102 Å². The van der Waals surface area contributed by atoms with Crippen LogP contribution < -0.4 is 20.1 Å². The molecule has 2 amide bonds. The molecule has 0 bridgehead atoms. The van der Waals surface area contributed by atoms with E-state index in [1.807, 2.05) is 74.5 Å². The summed E-state index contributed by atoms with van der Waals surface area (Å²) in [6.45, 7) is 5.02. The molecule has 0 fully saturated rings. The molecule has 0 aliphatic carbocycles. The van der Waals surface area contributed by atoms with Crippen LogP contribution in [0.2, 0.25) is 0 Å². The summed E-state index contributed by atoms with van der Waals surface area (Å²) < 4.78 is 12.8. The average molecular weight is 498 g/mol. The Balaban J connectivity index is 1.46. The van der Waals surface area contributed by atoms with Crippen LogP contribution in [-0.4, -0.2) is 43.2 Å². The minimum Gasteiger partial charge on any atom is -0.497 e. The van der Waals surface area contributed by atoms with Gasteiger partial charge in [-0.05, 0) is 74.0 Å². The SMILES string of the molecule is CCOc1ccc(C(=O)NCCNC(=O)c2cc(-c3ccccc3)n(-c3ccc(OC)cc3)c2C)cc1. The molecule has 0 aliphatic rings. The first-order valence-electron chi connectivity index (χ1n) is 12.2. The Bertz CT molecular complexity index is 1340. The number of nitrogens with one attached hydrogen (secondary N) is 2. The van der Waals surface area contributed by atoms with Crippen LogP contribution in [0, 0.1) is 6.92 Å². The summed E-state index contributed by atoms with van der Waals surface area (Å²) in [7, 11) is 1.63. The van der Waals surface area contributed by atoms with E-state index in [0.717, 1.165) is 34.1 Å². The number of methoxy groups -OCH3 is 1. The van der Waals surface area contributed by atoms with Crippen LogP contribution in [0.5, 0.6) is 11.5 Å². The van der Waals surface area contributed by atoms with Gasteiger partial charge in [-0.1, -0.05) is 30.3 Å². The highest BCUT2D eigenvalue weighted by Gasteiger charge is 2.19. The van der Waals surface area contributed by atoms with E-state index in [0.29, 0.717) is 30.8 Å². The molecule has 1 aromatic heterocycles. The lowest BCUT2D eigenvalue weighted by molar-refractivity contribution is 0.0927. The first-order valence-corrected chi connectivity index (χ1v) is 12.2. The monoisotopic (exact) mass is 497 g/mol. The zero-order valence-electron chi connectivity index (χ0n) is 21.3. The zero-order valence-corrected chi connectivity index (χ0v) is 21.3. The van der Waals surface area contributed by atoms with Gasteiger partial charge in [0.05, 0.1) is 25.0 Å². The fourth-order valence-corrected chi connectivity index (χ4v) is 4.14. The number of hydrogen-bond donors (Lipinski definition) is 2. The van der Waals surface area contributed by atoms with Crippen LogP contribution in [0.3, 0.4) is 0 Å². The third kappa shape index (κ3) is 6.01. The van der Waals surface area contributed by atoms with Crippen molar-refractivity contribution in [2.75, 3.05) is 26.8 Å². The normalized spacial score (nSPS) is 10.6. The minimum absolute atomic E-state index is 0.197. The van der Waals surface area contributed by atoms with E-state index in [1.165, 1.54) is 0 Å². The lowest BCUT2D eigenvalue weighted by atomic mass is 10.1. The second-order valence-corrected chi connectivity index (χ2v) is 8.40. The molecule has 3 aromatic carbocycles. The fraction of sp³-hybridized carbons (Fsp3) is 0.200. The zero-order chi connectivity index (χ0) is 26.2. The molecule has 190 valence electrons. The van der Waals surface area contributed by atoms with Crippen LogP contribution in [0.1, 0.15) is 33.3 Å². The molecule has 0 unspecified atom stereocenters. The van der Waals surface area contributed by atoms with Gasteiger partial charge in [0.2, 0.25) is 0 Å². The number of aromatic nitrogens is 1. The molecular formula is C30H31N3O4. The predicted octanol–water partition coefficient (Wildman–Crippen LogP) is 5.02. The maximum Gasteiger partial charge on any atom is 0.253 e. The Morgan fingerprint density at radius 2 is 1.43 bits per heavy atom. The Morgan fingerprint density at radius 1 is 0.811 bits per heavy atom. The van der Waals surface area contributed by atoms with E-state index in [9.17, 15) is 9.59 Å². The number of carbonyl (C=O) groups excluding carboxylic acids is 2. The Morgan fingerprint density at radius 3 is 2.05 bits per heavy atom. The van der Waals surface area contributed by atoms with Crippen molar-refractivity contribution < 1.29 is 19.1 Å². The molecular weight excluding hydrogens is 466 g/mol. The molecule has 0 saturated carbocycles. The van der Waals surface area contributed by atoms with Crippen LogP contribution in [0.4, 0.5) is 0 Å². The van der Waals surface area contributed by atoms with Gasteiger partial charge in [0.15, 0.2) is 0 Å². The summed E-state index contributed by atoms with van der Waals surface area (Å²) in [4.78, 5) is 25.5. The maximum atomic E-state index is 13.1. The fourth-order valence-electron chi connectivity index (χ4n) is 4.14. The van der Waals surface area contributed by atoms with Gasteiger partial charge in [-0.15, -0.1) is 0 Å². The molecule has 4 aromatic rings. The quantitative estimate of drug-likeness (QED) is 0.302. The van der Waals surface area contributed by atoms with Gasteiger partial charge < -0.3 is 24.7 Å². The molecule has 1 heterocycles. The van der Waals surface area contributed by atoms with Gasteiger partial charge in [0.25, 0.3) is 11.8 Å². The first kappa shape index (κ1) is 25.6. The molecule has 0 radical (unpaired) electrons.